The van der Waals surface area contributed by atoms with Gasteiger partial charge in [0.1, 0.15) is 11.9 Å². The molecular weight excluding hydrogens is 238 g/mol. The summed E-state index contributed by atoms with van der Waals surface area (Å²) in [6, 6.07) is 2.34. The Balaban J connectivity index is 2.27. The van der Waals surface area contributed by atoms with Crippen LogP contribution in [0.3, 0.4) is 0 Å². The van der Waals surface area contributed by atoms with Crippen molar-refractivity contribution < 1.29 is 19.5 Å². The number of anilines is 1. The molecule has 1 aromatic heterocycles. The van der Waals surface area contributed by atoms with Crippen LogP contribution in [0.25, 0.3) is 0 Å². The Kier molecular flexibility index (Phi) is 2.97. The standard InChI is InChI=1S/C11H11N3O4/c1-6-10(16)13-9(15)5-14(6)8-3-2-7(4-12-8)11(17)18/h2-4,6H,5H2,1H3,(H,17,18)(H,13,15,16). The van der Waals surface area contributed by atoms with E-state index in [1.807, 2.05) is 0 Å². The molecule has 7 heteroatoms. The molecule has 94 valence electrons. The van der Waals surface area contributed by atoms with Crippen LogP contribution >= 0.6 is 0 Å². The van der Waals surface area contributed by atoms with E-state index in [1.54, 1.807) is 6.92 Å². The first-order valence-electron chi connectivity index (χ1n) is 5.28. The zero-order valence-electron chi connectivity index (χ0n) is 9.58. The topological polar surface area (TPSA) is 99.6 Å². The molecule has 1 aliphatic rings. The summed E-state index contributed by atoms with van der Waals surface area (Å²) in [6.45, 7) is 1.67. The number of piperazine rings is 1. The normalized spacial score (nSPS) is 19.6. The number of carbonyl (C=O) groups excluding carboxylic acids is 2. The van der Waals surface area contributed by atoms with Gasteiger partial charge in [-0.2, -0.15) is 0 Å². The van der Waals surface area contributed by atoms with E-state index in [0.717, 1.165) is 0 Å². The number of hydrogen-bond donors (Lipinski definition) is 2. The molecule has 18 heavy (non-hydrogen) atoms. The molecule has 0 radical (unpaired) electrons. The Bertz CT molecular complexity index is 512. The first-order valence-corrected chi connectivity index (χ1v) is 5.28. The number of amides is 2. The summed E-state index contributed by atoms with van der Waals surface area (Å²) in [5.41, 5.74) is 0.0548. The number of aromatic nitrogens is 1. The van der Waals surface area contributed by atoms with Gasteiger partial charge < -0.3 is 10.0 Å². The third kappa shape index (κ3) is 2.15. The molecular formula is C11H11N3O4. The Morgan fingerprint density at radius 2 is 2.22 bits per heavy atom. The van der Waals surface area contributed by atoms with E-state index in [2.05, 4.69) is 10.3 Å². The zero-order chi connectivity index (χ0) is 13.3. The molecule has 1 unspecified atom stereocenters. The van der Waals surface area contributed by atoms with Crippen molar-refractivity contribution in [2.75, 3.05) is 11.4 Å². The quantitative estimate of drug-likeness (QED) is 0.694. The zero-order valence-corrected chi connectivity index (χ0v) is 9.58. The second kappa shape index (κ2) is 4.44. The number of carboxylic acids is 1. The fraction of sp³-hybridized carbons (Fsp3) is 0.273. The molecule has 7 nitrogen and oxygen atoms in total. The van der Waals surface area contributed by atoms with E-state index in [9.17, 15) is 14.4 Å². The van der Waals surface area contributed by atoms with Crippen molar-refractivity contribution in [2.24, 2.45) is 0 Å². The van der Waals surface area contributed by atoms with Crippen LogP contribution in [0.15, 0.2) is 18.3 Å². The van der Waals surface area contributed by atoms with Crippen molar-refractivity contribution in [3.05, 3.63) is 23.9 Å². The van der Waals surface area contributed by atoms with Crippen LogP contribution < -0.4 is 10.2 Å². The van der Waals surface area contributed by atoms with Gasteiger partial charge in [0.2, 0.25) is 11.8 Å². The molecule has 0 spiro atoms. The lowest BCUT2D eigenvalue weighted by Crippen LogP contribution is -2.57. The predicted octanol–water partition coefficient (Wildman–Crippen LogP) is -0.369. The number of nitrogens with one attached hydrogen (secondary N) is 1. The SMILES string of the molecule is CC1C(=O)NC(=O)CN1c1ccc(C(=O)O)cn1. The lowest BCUT2D eigenvalue weighted by molar-refractivity contribution is -0.132. The Morgan fingerprint density at radius 1 is 1.50 bits per heavy atom. The van der Waals surface area contributed by atoms with E-state index in [-0.39, 0.29) is 12.1 Å². The highest BCUT2D eigenvalue weighted by atomic mass is 16.4. The highest BCUT2D eigenvalue weighted by Crippen LogP contribution is 2.16. The second-order valence-corrected chi connectivity index (χ2v) is 3.93. The minimum absolute atomic E-state index is 0.0202. The van der Waals surface area contributed by atoms with Gasteiger partial charge in [-0.1, -0.05) is 0 Å². The monoisotopic (exact) mass is 249 g/mol. The highest BCUT2D eigenvalue weighted by Gasteiger charge is 2.30. The van der Waals surface area contributed by atoms with Crippen LogP contribution in [0.5, 0.6) is 0 Å². The molecule has 1 fully saturated rings. The number of nitrogens with zero attached hydrogens (tertiary/aromatic N) is 2. The lowest BCUT2D eigenvalue weighted by atomic mass is 10.2. The molecule has 0 aromatic carbocycles. The Hall–Kier alpha value is -2.44. The molecule has 0 aliphatic carbocycles. The number of hydrogen-bond acceptors (Lipinski definition) is 5. The van der Waals surface area contributed by atoms with Crippen LogP contribution in [0, 0.1) is 0 Å². The molecule has 2 N–H and O–H groups in total. The van der Waals surface area contributed by atoms with Crippen molar-refractivity contribution in [1.29, 1.82) is 0 Å². The first kappa shape index (κ1) is 12.0. The molecule has 1 aliphatic heterocycles. The van der Waals surface area contributed by atoms with Crippen molar-refractivity contribution in [3.8, 4) is 0 Å². The van der Waals surface area contributed by atoms with Crippen LogP contribution in [0.4, 0.5) is 5.82 Å². The minimum Gasteiger partial charge on any atom is -0.478 e. The van der Waals surface area contributed by atoms with Gasteiger partial charge in [-0.25, -0.2) is 9.78 Å². The van der Waals surface area contributed by atoms with Crippen LogP contribution in [-0.2, 0) is 9.59 Å². The smallest absolute Gasteiger partial charge is 0.337 e. The minimum atomic E-state index is -1.07. The van der Waals surface area contributed by atoms with Gasteiger partial charge in [-0.3, -0.25) is 14.9 Å². The summed E-state index contributed by atoms with van der Waals surface area (Å²) in [5.74, 6) is -1.47. The van der Waals surface area contributed by atoms with Gasteiger partial charge in [0.05, 0.1) is 12.1 Å². The second-order valence-electron chi connectivity index (χ2n) is 3.93. The first-order chi connectivity index (χ1) is 8.49. The maximum Gasteiger partial charge on any atom is 0.337 e. The average Bonchev–Trinajstić information content (AvgIpc) is 2.34. The maximum atomic E-state index is 11.5. The van der Waals surface area contributed by atoms with Crippen LogP contribution in [0.1, 0.15) is 17.3 Å². The molecule has 0 bridgehead atoms. The van der Waals surface area contributed by atoms with E-state index < -0.39 is 23.8 Å². The van der Waals surface area contributed by atoms with E-state index in [0.29, 0.717) is 5.82 Å². The van der Waals surface area contributed by atoms with E-state index in [1.165, 1.54) is 23.2 Å². The average molecular weight is 249 g/mol. The fourth-order valence-electron chi connectivity index (χ4n) is 1.68. The molecule has 0 saturated carbocycles. The van der Waals surface area contributed by atoms with Crippen molar-refractivity contribution in [2.45, 2.75) is 13.0 Å². The van der Waals surface area contributed by atoms with Gasteiger partial charge in [-0.15, -0.1) is 0 Å². The van der Waals surface area contributed by atoms with Crippen LogP contribution in [0.2, 0.25) is 0 Å². The van der Waals surface area contributed by atoms with Crippen LogP contribution in [-0.4, -0.2) is 40.5 Å². The fourth-order valence-corrected chi connectivity index (χ4v) is 1.68. The lowest BCUT2D eigenvalue weighted by Gasteiger charge is -2.32. The molecule has 2 heterocycles. The van der Waals surface area contributed by atoms with Gasteiger partial charge in [0, 0.05) is 6.20 Å². The summed E-state index contributed by atoms with van der Waals surface area (Å²) in [4.78, 5) is 38.9. The summed E-state index contributed by atoms with van der Waals surface area (Å²) in [6.07, 6.45) is 1.20. The molecule has 2 rings (SSSR count). The largest absolute Gasteiger partial charge is 0.478 e. The summed E-state index contributed by atoms with van der Waals surface area (Å²) in [7, 11) is 0. The molecule has 1 saturated heterocycles. The van der Waals surface area contributed by atoms with E-state index >= 15 is 0 Å². The summed E-state index contributed by atoms with van der Waals surface area (Å²) in [5, 5.41) is 11.0. The number of carboxylic acid groups (broad SMARTS) is 1. The van der Waals surface area contributed by atoms with Gasteiger partial charge in [0.25, 0.3) is 0 Å². The number of pyridine rings is 1. The Labute approximate surface area is 102 Å². The maximum absolute atomic E-state index is 11.5. The molecule has 1 aromatic rings. The Morgan fingerprint density at radius 3 is 2.78 bits per heavy atom. The number of aromatic carboxylic acids is 1. The number of imide groups is 1. The van der Waals surface area contributed by atoms with Gasteiger partial charge >= 0.3 is 5.97 Å². The molecule has 1 atom stereocenters. The van der Waals surface area contributed by atoms with E-state index in [4.69, 9.17) is 5.11 Å². The van der Waals surface area contributed by atoms with Crippen molar-refractivity contribution in [1.82, 2.24) is 10.3 Å². The summed E-state index contributed by atoms with van der Waals surface area (Å²) >= 11 is 0. The number of carbonyl (C=O) groups is 3. The number of rotatable bonds is 2. The summed E-state index contributed by atoms with van der Waals surface area (Å²) < 4.78 is 0. The van der Waals surface area contributed by atoms with Gasteiger partial charge in [0.15, 0.2) is 0 Å². The van der Waals surface area contributed by atoms with Crippen molar-refractivity contribution in [3.63, 3.8) is 0 Å². The third-order valence-corrected chi connectivity index (χ3v) is 2.71. The predicted molar refractivity (Wildman–Crippen MR) is 61.2 cm³/mol. The molecule has 2 amide bonds. The van der Waals surface area contributed by atoms with Crippen molar-refractivity contribution >= 4 is 23.6 Å². The third-order valence-electron chi connectivity index (χ3n) is 2.71. The highest BCUT2D eigenvalue weighted by molar-refractivity contribution is 6.04. The van der Waals surface area contributed by atoms with Gasteiger partial charge in [-0.05, 0) is 19.1 Å².